The van der Waals surface area contributed by atoms with Crippen molar-refractivity contribution < 1.29 is 29.6 Å². The fraction of sp³-hybridized carbons (Fsp3) is 0.371. The molecule has 3 aromatic rings. The number of nitrogens with one attached hydrogen (secondary N) is 2. The Morgan fingerprint density at radius 2 is 1.70 bits per heavy atom. The summed E-state index contributed by atoms with van der Waals surface area (Å²) < 4.78 is 5.50. The zero-order valence-corrected chi connectivity index (χ0v) is 24.8. The Morgan fingerprint density at radius 1 is 1.02 bits per heavy atom. The summed E-state index contributed by atoms with van der Waals surface area (Å²) in [4.78, 5) is 27.3. The third kappa shape index (κ3) is 6.92. The van der Waals surface area contributed by atoms with E-state index < -0.39 is 41.4 Å². The zero-order chi connectivity index (χ0) is 30.8. The van der Waals surface area contributed by atoms with Crippen molar-refractivity contribution >= 4 is 11.9 Å². The number of Topliss-reactive ketones (excluding diaryl/α,β-unsaturated/α-hetero) is 1. The maximum Gasteiger partial charge on any atom is 0.407 e. The van der Waals surface area contributed by atoms with Crippen LogP contribution in [-0.2, 0) is 28.8 Å². The van der Waals surface area contributed by atoms with Gasteiger partial charge >= 0.3 is 6.09 Å². The van der Waals surface area contributed by atoms with Crippen molar-refractivity contribution in [1.82, 2.24) is 10.6 Å². The molecule has 1 aliphatic heterocycles. The predicted octanol–water partition coefficient (Wildman–Crippen LogP) is 4.32. The van der Waals surface area contributed by atoms with Crippen molar-refractivity contribution in [1.29, 1.82) is 0 Å². The summed E-state index contributed by atoms with van der Waals surface area (Å²) >= 11 is 0. The highest BCUT2D eigenvalue weighted by atomic mass is 16.6. The van der Waals surface area contributed by atoms with Crippen LogP contribution < -0.4 is 10.6 Å². The highest BCUT2D eigenvalue weighted by Gasteiger charge is 2.50. The number of ketones is 1. The highest BCUT2D eigenvalue weighted by Crippen LogP contribution is 2.43. The fourth-order valence-electron chi connectivity index (χ4n) is 6.23. The van der Waals surface area contributed by atoms with E-state index in [1.54, 1.807) is 51.2 Å². The first-order valence-electron chi connectivity index (χ1n) is 14.7. The van der Waals surface area contributed by atoms with Crippen molar-refractivity contribution in [3.63, 3.8) is 0 Å². The topological polar surface area (TPSA) is 128 Å². The van der Waals surface area contributed by atoms with Crippen molar-refractivity contribution in [2.24, 2.45) is 0 Å². The van der Waals surface area contributed by atoms with Crippen molar-refractivity contribution in [2.45, 2.75) is 81.8 Å². The molecule has 5 N–H and O–H groups in total. The lowest BCUT2D eigenvalue weighted by atomic mass is 9.76. The smallest absolute Gasteiger partial charge is 0.407 e. The van der Waals surface area contributed by atoms with E-state index in [-0.39, 0.29) is 24.4 Å². The van der Waals surface area contributed by atoms with Gasteiger partial charge in [-0.2, -0.15) is 0 Å². The van der Waals surface area contributed by atoms with Gasteiger partial charge in [-0.15, -0.1) is 0 Å². The molecule has 1 unspecified atom stereocenters. The minimum absolute atomic E-state index is 0.0233. The van der Waals surface area contributed by atoms with Crippen molar-refractivity contribution in [2.75, 3.05) is 0 Å². The molecule has 1 aliphatic carbocycles. The molecule has 1 amide bonds. The Labute approximate surface area is 252 Å². The first kappa shape index (κ1) is 30.3. The second-order valence-corrected chi connectivity index (χ2v) is 12.7. The van der Waals surface area contributed by atoms with Gasteiger partial charge in [0.2, 0.25) is 0 Å². The van der Waals surface area contributed by atoms with E-state index in [0.29, 0.717) is 18.4 Å². The molecule has 0 bridgehead atoms. The zero-order valence-electron chi connectivity index (χ0n) is 24.8. The summed E-state index contributed by atoms with van der Waals surface area (Å²) in [5, 5.41) is 38.8. The molecule has 8 heteroatoms. The Kier molecular flexibility index (Phi) is 8.62. The number of hydrogen-bond donors (Lipinski definition) is 5. The second kappa shape index (κ2) is 12.2. The molecule has 0 aromatic heterocycles. The van der Waals surface area contributed by atoms with Crippen LogP contribution in [0.3, 0.4) is 0 Å². The summed E-state index contributed by atoms with van der Waals surface area (Å²) in [6.07, 6.45) is 0.104. The van der Waals surface area contributed by atoms with Gasteiger partial charge in [-0.05, 0) is 68.0 Å². The highest BCUT2D eigenvalue weighted by molar-refractivity contribution is 6.06. The van der Waals surface area contributed by atoms with Crippen LogP contribution in [0.15, 0.2) is 90.6 Å². The van der Waals surface area contributed by atoms with E-state index in [9.17, 15) is 24.9 Å². The van der Waals surface area contributed by atoms with E-state index in [1.807, 2.05) is 54.6 Å². The van der Waals surface area contributed by atoms with Crippen molar-refractivity contribution in [3.05, 3.63) is 113 Å². The number of benzene rings is 3. The van der Waals surface area contributed by atoms with Crippen LogP contribution in [0.25, 0.3) is 0 Å². The largest absolute Gasteiger partial charge is 0.508 e. The molecule has 0 saturated heterocycles. The Hall–Kier alpha value is -4.14. The molecule has 8 nitrogen and oxygen atoms in total. The molecule has 2 aliphatic rings. The summed E-state index contributed by atoms with van der Waals surface area (Å²) in [6, 6.07) is 23.1. The monoisotopic (exact) mass is 584 g/mol. The first-order valence-corrected chi connectivity index (χ1v) is 14.7. The minimum Gasteiger partial charge on any atom is -0.508 e. The van der Waals surface area contributed by atoms with Crippen LogP contribution in [0.4, 0.5) is 4.79 Å². The maximum atomic E-state index is 14.5. The summed E-state index contributed by atoms with van der Waals surface area (Å²) in [5.74, 6) is -0.594. The van der Waals surface area contributed by atoms with E-state index in [0.717, 1.165) is 22.3 Å². The Bertz CT molecular complexity index is 1480. The number of phenolic OH excluding ortho intramolecular Hbond substituents is 1. The average molecular weight is 585 g/mol. The van der Waals surface area contributed by atoms with Crippen LogP contribution in [-0.4, -0.2) is 56.6 Å². The molecule has 0 spiro atoms. The quantitative estimate of drug-likeness (QED) is 0.254. The number of aliphatic hydroxyl groups is 2. The van der Waals surface area contributed by atoms with Gasteiger partial charge in [0.05, 0.1) is 18.2 Å². The molecular weight excluding hydrogens is 544 g/mol. The SMILES string of the molecule is CC(C)(C)OC(=O)N[C@@H](Cc1ccccc1)[C@@H](O)C[C@]1(Cc2ccc(O)cc2)NC=C(C2c3ccccc3C[C@H]2O)C1=O. The number of aliphatic hydroxyl groups excluding tert-OH is 2. The summed E-state index contributed by atoms with van der Waals surface area (Å²) in [5.41, 5.74) is 2.10. The molecule has 0 fully saturated rings. The van der Waals surface area contributed by atoms with E-state index in [4.69, 9.17) is 4.74 Å². The predicted molar refractivity (Wildman–Crippen MR) is 164 cm³/mol. The van der Waals surface area contributed by atoms with E-state index >= 15 is 0 Å². The number of carbonyl (C=O) groups excluding carboxylic acids is 2. The molecular formula is C35H40N2O6. The number of hydrogen-bond acceptors (Lipinski definition) is 7. The second-order valence-electron chi connectivity index (χ2n) is 12.7. The molecule has 0 saturated carbocycles. The molecule has 0 radical (unpaired) electrons. The number of ether oxygens (including phenoxy) is 1. The molecule has 43 heavy (non-hydrogen) atoms. The summed E-state index contributed by atoms with van der Waals surface area (Å²) in [6.45, 7) is 5.31. The molecule has 5 atom stereocenters. The van der Waals surface area contributed by atoms with Gasteiger partial charge in [-0.1, -0.05) is 66.7 Å². The number of rotatable bonds is 9. The van der Waals surface area contributed by atoms with Gasteiger partial charge in [-0.25, -0.2) is 4.79 Å². The first-order chi connectivity index (χ1) is 20.4. The van der Waals surface area contributed by atoms with Crippen LogP contribution >= 0.6 is 0 Å². The van der Waals surface area contributed by atoms with E-state index in [1.165, 1.54) is 0 Å². The van der Waals surface area contributed by atoms with Crippen LogP contribution in [0.5, 0.6) is 5.75 Å². The summed E-state index contributed by atoms with van der Waals surface area (Å²) in [7, 11) is 0. The number of aromatic hydroxyl groups is 1. The molecule has 226 valence electrons. The van der Waals surface area contributed by atoms with Crippen LogP contribution in [0.1, 0.15) is 55.4 Å². The van der Waals surface area contributed by atoms with Crippen molar-refractivity contribution in [3.8, 4) is 5.75 Å². The van der Waals surface area contributed by atoms with Gasteiger partial charge in [0.25, 0.3) is 0 Å². The molecule has 5 rings (SSSR count). The van der Waals surface area contributed by atoms with Gasteiger partial charge in [0, 0.05) is 30.5 Å². The average Bonchev–Trinajstić information content (AvgIpc) is 3.44. The number of alkyl carbamates (subject to hydrolysis) is 1. The van der Waals surface area contributed by atoms with Gasteiger partial charge in [0.1, 0.15) is 16.9 Å². The van der Waals surface area contributed by atoms with Crippen LogP contribution in [0.2, 0.25) is 0 Å². The standard InChI is InChI=1S/C35H40N2O6/c1-34(2,3)43-33(42)37-28(17-22-9-5-4-6-10-22)30(40)20-35(19-23-13-15-25(38)16-14-23)32(41)27(21-36-35)31-26-12-8-7-11-24(26)18-29(31)39/h4-16,21,28-31,36,38-40H,17-20H2,1-3H3,(H,37,42)/t28-,29+,30-,31?,35-/m0/s1. The Balaban J connectivity index is 1.45. The third-order valence-corrected chi connectivity index (χ3v) is 8.20. The third-order valence-electron chi connectivity index (χ3n) is 8.20. The number of phenols is 1. The van der Waals surface area contributed by atoms with Crippen LogP contribution in [0, 0.1) is 0 Å². The van der Waals surface area contributed by atoms with Gasteiger partial charge < -0.3 is 30.7 Å². The normalized spacial score (nSPS) is 22.7. The maximum absolute atomic E-state index is 14.5. The lowest BCUT2D eigenvalue weighted by Gasteiger charge is -2.35. The molecule has 3 aromatic carbocycles. The Morgan fingerprint density at radius 3 is 2.40 bits per heavy atom. The van der Waals surface area contributed by atoms with Gasteiger partial charge in [-0.3, -0.25) is 4.79 Å². The molecule has 1 heterocycles. The fourth-order valence-corrected chi connectivity index (χ4v) is 6.23. The lowest BCUT2D eigenvalue weighted by Crippen LogP contribution is -2.55. The van der Waals surface area contributed by atoms with E-state index in [2.05, 4.69) is 10.6 Å². The number of amides is 1. The van der Waals surface area contributed by atoms with Gasteiger partial charge in [0.15, 0.2) is 5.78 Å². The minimum atomic E-state index is -1.26. The lowest BCUT2D eigenvalue weighted by molar-refractivity contribution is -0.122. The number of carbonyl (C=O) groups is 2. The number of fused-ring (bicyclic) bond motifs is 1.